The predicted octanol–water partition coefficient (Wildman–Crippen LogP) is 0.978. The topological polar surface area (TPSA) is 12.4 Å². The quantitative estimate of drug-likeness (QED) is 0.584. The molecule has 1 aromatic carbocycles. The van der Waals surface area contributed by atoms with Crippen molar-refractivity contribution in [1.82, 2.24) is 0 Å². The Morgan fingerprint density at radius 3 is 2.69 bits per heavy atom. The molecular weight excluding hydrogens is 178 g/mol. The molecule has 1 unspecified atom stereocenters. The molecule has 1 aliphatic heterocycles. The fourth-order valence-electron chi connectivity index (χ4n) is 1.38. The molecule has 1 aliphatic rings. The maximum atomic E-state index is 4.49. The first-order valence-corrected chi connectivity index (χ1v) is 4.67. The van der Waals surface area contributed by atoms with Gasteiger partial charge in [-0.2, -0.15) is 12.6 Å². The highest BCUT2D eigenvalue weighted by molar-refractivity contribution is 7.83. The highest BCUT2D eigenvalue weighted by atomic mass is 32.1. The van der Waals surface area contributed by atoms with Crippen LogP contribution in [0.4, 0.5) is 0 Å². The van der Waals surface area contributed by atoms with Crippen molar-refractivity contribution in [2.24, 2.45) is 4.99 Å². The van der Waals surface area contributed by atoms with Crippen LogP contribution in [0.3, 0.4) is 0 Å². The smallest absolute Gasteiger partial charge is 0.0641 e. The fourth-order valence-corrected chi connectivity index (χ4v) is 1.59. The number of hydrogen-bond donors (Lipinski definition) is 1. The fraction of sp³-hybridized carbons (Fsp3) is 0.182. The molecule has 1 aromatic rings. The van der Waals surface area contributed by atoms with Crippen LogP contribution in [0.5, 0.6) is 0 Å². The van der Waals surface area contributed by atoms with Gasteiger partial charge >= 0.3 is 0 Å². The van der Waals surface area contributed by atoms with Gasteiger partial charge in [0.05, 0.1) is 4.75 Å². The number of benzene rings is 1. The Hall–Kier alpha value is -1.02. The van der Waals surface area contributed by atoms with Crippen LogP contribution in [-0.2, 0) is 0 Å². The van der Waals surface area contributed by atoms with Crippen molar-refractivity contribution in [2.45, 2.75) is 11.7 Å². The monoisotopic (exact) mass is 189 g/mol. The van der Waals surface area contributed by atoms with E-state index in [0.717, 1.165) is 5.22 Å². The standard InChI is InChI=1S/C11H11NS/c1-11(13)6-9-4-2-3-5-10(9)7-12-8-11/h2-8,13H,1H3. The van der Waals surface area contributed by atoms with Crippen LogP contribution < -0.4 is 10.4 Å². The summed E-state index contributed by atoms with van der Waals surface area (Å²) in [7, 11) is 0. The third-order valence-corrected chi connectivity index (χ3v) is 2.24. The van der Waals surface area contributed by atoms with E-state index in [1.807, 2.05) is 31.5 Å². The molecule has 0 aromatic heterocycles. The van der Waals surface area contributed by atoms with Crippen LogP contribution in [-0.4, -0.2) is 11.0 Å². The summed E-state index contributed by atoms with van der Waals surface area (Å²) in [5.41, 5.74) is 0. The van der Waals surface area contributed by atoms with E-state index in [1.54, 1.807) is 0 Å². The van der Waals surface area contributed by atoms with Crippen molar-refractivity contribution in [1.29, 1.82) is 0 Å². The van der Waals surface area contributed by atoms with E-state index in [4.69, 9.17) is 0 Å². The minimum Gasteiger partial charge on any atom is -0.267 e. The van der Waals surface area contributed by atoms with Gasteiger partial charge in [0.25, 0.3) is 0 Å². The summed E-state index contributed by atoms with van der Waals surface area (Å²) < 4.78 is -0.247. The first kappa shape index (κ1) is 8.57. The maximum Gasteiger partial charge on any atom is 0.0641 e. The van der Waals surface area contributed by atoms with Gasteiger partial charge < -0.3 is 0 Å². The SMILES string of the molecule is CC1(S)C=NC=c2ccccc2=C1. The van der Waals surface area contributed by atoms with Gasteiger partial charge in [-0.05, 0) is 17.4 Å². The number of aliphatic imine (C=N–C) groups is 1. The number of rotatable bonds is 0. The zero-order valence-electron chi connectivity index (χ0n) is 7.44. The van der Waals surface area contributed by atoms with Gasteiger partial charge in [-0.25, -0.2) is 0 Å². The summed E-state index contributed by atoms with van der Waals surface area (Å²) >= 11 is 4.49. The Balaban J connectivity index is 2.77. The lowest BCUT2D eigenvalue weighted by Gasteiger charge is -2.10. The molecule has 0 fully saturated rings. The van der Waals surface area contributed by atoms with Crippen molar-refractivity contribution >= 4 is 31.1 Å². The summed E-state index contributed by atoms with van der Waals surface area (Å²) in [6.45, 7) is 2.02. The van der Waals surface area contributed by atoms with Gasteiger partial charge in [0.1, 0.15) is 0 Å². The van der Waals surface area contributed by atoms with Crippen molar-refractivity contribution in [2.75, 3.05) is 0 Å². The van der Waals surface area contributed by atoms with Crippen LogP contribution in [0.15, 0.2) is 29.3 Å². The Bertz CT molecular complexity index is 457. The Kier molecular flexibility index (Phi) is 2.00. The van der Waals surface area contributed by atoms with Gasteiger partial charge in [0, 0.05) is 12.4 Å². The zero-order valence-corrected chi connectivity index (χ0v) is 8.33. The van der Waals surface area contributed by atoms with E-state index in [0.29, 0.717) is 0 Å². The third-order valence-electron chi connectivity index (χ3n) is 1.99. The van der Waals surface area contributed by atoms with Gasteiger partial charge in [0.15, 0.2) is 0 Å². The highest BCUT2D eigenvalue weighted by Crippen LogP contribution is 2.12. The number of fused-ring (bicyclic) bond motifs is 1. The molecule has 66 valence electrons. The van der Waals surface area contributed by atoms with Crippen LogP contribution in [0.1, 0.15) is 6.92 Å². The summed E-state index contributed by atoms with van der Waals surface area (Å²) in [5, 5.41) is 2.34. The molecule has 1 atom stereocenters. The van der Waals surface area contributed by atoms with Crippen molar-refractivity contribution in [3.8, 4) is 0 Å². The summed E-state index contributed by atoms with van der Waals surface area (Å²) in [5.74, 6) is 0. The van der Waals surface area contributed by atoms with Gasteiger partial charge in [-0.1, -0.05) is 30.3 Å². The minimum absolute atomic E-state index is 0.247. The second-order valence-electron chi connectivity index (χ2n) is 3.41. The van der Waals surface area contributed by atoms with Crippen LogP contribution in [0.25, 0.3) is 12.3 Å². The first-order valence-electron chi connectivity index (χ1n) is 4.22. The zero-order chi connectivity index (χ0) is 9.31. The van der Waals surface area contributed by atoms with E-state index in [1.165, 1.54) is 5.22 Å². The predicted molar refractivity (Wildman–Crippen MR) is 60.5 cm³/mol. The lowest BCUT2D eigenvalue weighted by atomic mass is 10.1. The van der Waals surface area contributed by atoms with Crippen molar-refractivity contribution in [3.63, 3.8) is 0 Å². The van der Waals surface area contributed by atoms with E-state index >= 15 is 0 Å². The molecule has 0 amide bonds. The van der Waals surface area contributed by atoms with E-state index in [2.05, 4.69) is 35.8 Å². The molecule has 0 aliphatic carbocycles. The minimum atomic E-state index is -0.247. The lowest BCUT2D eigenvalue weighted by Crippen LogP contribution is -2.27. The van der Waals surface area contributed by atoms with E-state index in [-0.39, 0.29) is 4.75 Å². The second kappa shape index (κ2) is 3.04. The maximum absolute atomic E-state index is 4.49. The summed E-state index contributed by atoms with van der Waals surface area (Å²) in [6, 6.07) is 8.17. The van der Waals surface area contributed by atoms with Gasteiger partial charge in [0.2, 0.25) is 0 Å². The van der Waals surface area contributed by atoms with Crippen LogP contribution in [0.2, 0.25) is 0 Å². The molecule has 0 saturated carbocycles. The molecule has 0 radical (unpaired) electrons. The molecule has 2 heteroatoms. The molecular formula is C11H11NS. The van der Waals surface area contributed by atoms with Crippen LogP contribution >= 0.6 is 12.6 Å². The Morgan fingerprint density at radius 2 is 1.92 bits per heavy atom. The molecule has 0 spiro atoms. The molecule has 0 bridgehead atoms. The first-order chi connectivity index (χ1) is 6.17. The summed E-state index contributed by atoms with van der Waals surface area (Å²) in [6.07, 6.45) is 5.82. The molecule has 2 rings (SSSR count). The Morgan fingerprint density at radius 1 is 1.23 bits per heavy atom. The van der Waals surface area contributed by atoms with Gasteiger partial charge in [-0.15, -0.1) is 0 Å². The highest BCUT2D eigenvalue weighted by Gasteiger charge is 2.12. The molecule has 1 heterocycles. The van der Waals surface area contributed by atoms with E-state index in [9.17, 15) is 0 Å². The molecule has 13 heavy (non-hydrogen) atoms. The van der Waals surface area contributed by atoms with Gasteiger partial charge in [-0.3, -0.25) is 4.99 Å². The second-order valence-corrected chi connectivity index (χ2v) is 4.37. The molecule has 1 nitrogen and oxygen atoms in total. The van der Waals surface area contributed by atoms with Crippen molar-refractivity contribution < 1.29 is 0 Å². The average molecular weight is 189 g/mol. The largest absolute Gasteiger partial charge is 0.267 e. The molecule has 0 N–H and O–H groups in total. The normalized spacial score (nSPS) is 25.4. The molecule has 0 saturated heterocycles. The lowest BCUT2D eigenvalue weighted by molar-refractivity contribution is 1.17. The van der Waals surface area contributed by atoms with Crippen LogP contribution in [0, 0.1) is 0 Å². The van der Waals surface area contributed by atoms with E-state index < -0.39 is 0 Å². The number of nitrogens with zero attached hydrogens (tertiary/aromatic N) is 1. The number of thiol groups is 1. The Labute approximate surface area is 82.9 Å². The number of hydrogen-bond acceptors (Lipinski definition) is 2. The average Bonchev–Trinajstić information content (AvgIpc) is 2.21. The third kappa shape index (κ3) is 1.83. The summed E-state index contributed by atoms with van der Waals surface area (Å²) in [4.78, 5) is 4.21. The van der Waals surface area contributed by atoms with Crippen molar-refractivity contribution in [3.05, 3.63) is 34.7 Å².